The molecule has 0 radical (unpaired) electrons. The Bertz CT molecular complexity index is 2160. The van der Waals surface area contributed by atoms with Crippen LogP contribution in [0.5, 0.6) is 11.5 Å². The van der Waals surface area contributed by atoms with Crippen molar-refractivity contribution in [2.24, 2.45) is 5.92 Å². The van der Waals surface area contributed by atoms with Crippen LogP contribution in [0, 0.1) is 5.92 Å². The monoisotopic (exact) mass is 833 g/mol. The molecule has 2 aliphatic heterocycles. The first-order chi connectivity index (χ1) is 29.4. The fraction of sp³-hybridized carbons (Fsp3) is 0.404. The number of piperidine rings is 2. The minimum atomic E-state index is -1.32. The van der Waals surface area contributed by atoms with Gasteiger partial charge in [0.05, 0.1) is 12.0 Å². The summed E-state index contributed by atoms with van der Waals surface area (Å²) in [5.41, 5.74) is 1.87. The molecule has 4 aromatic rings. The van der Waals surface area contributed by atoms with Gasteiger partial charge in [0.25, 0.3) is 11.8 Å². The van der Waals surface area contributed by atoms with Gasteiger partial charge in [-0.3, -0.25) is 19.2 Å². The van der Waals surface area contributed by atoms with E-state index in [1.165, 1.54) is 0 Å². The van der Waals surface area contributed by atoms with Gasteiger partial charge in [0.2, 0.25) is 11.8 Å². The molecule has 0 bridgehead atoms. The number of benzene rings is 4. The predicted molar refractivity (Wildman–Crippen MR) is 229 cm³/mol. The first-order valence-corrected chi connectivity index (χ1v) is 21.1. The van der Waals surface area contributed by atoms with Crippen molar-refractivity contribution < 1.29 is 43.3 Å². The number of carboxylic acids is 1. The molecule has 0 aromatic heterocycles. The maximum atomic E-state index is 13.6. The molecule has 4 aromatic carbocycles. The highest BCUT2D eigenvalue weighted by atomic mass is 16.6. The Morgan fingerprint density at radius 1 is 0.721 bits per heavy atom. The quantitative estimate of drug-likeness (QED) is 0.113. The van der Waals surface area contributed by atoms with Crippen molar-refractivity contribution in [2.45, 2.75) is 83.3 Å². The van der Waals surface area contributed by atoms with Crippen molar-refractivity contribution in [3.8, 4) is 11.5 Å². The van der Waals surface area contributed by atoms with Crippen LogP contribution in [0.15, 0.2) is 91.0 Å². The Morgan fingerprint density at radius 2 is 1.38 bits per heavy atom. The molecular weight excluding hydrogens is 779 g/mol. The predicted octanol–water partition coefficient (Wildman–Crippen LogP) is 5.51. The summed E-state index contributed by atoms with van der Waals surface area (Å²) in [6.45, 7) is 5.44. The van der Waals surface area contributed by atoms with Gasteiger partial charge in [0, 0.05) is 38.6 Å². The van der Waals surface area contributed by atoms with Crippen molar-refractivity contribution in [3.63, 3.8) is 0 Å². The second kappa shape index (κ2) is 21.2. The van der Waals surface area contributed by atoms with Crippen LogP contribution in [0.4, 0.5) is 4.79 Å². The van der Waals surface area contributed by atoms with E-state index < -0.39 is 42.6 Å². The minimum absolute atomic E-state index is 0.0260. The first kappa shape index (κ1) is 44.1. The molecule has 2 saturated heterocycles. The van der Waals surface area contributed by atoms with Crippen molar-refractivity contribution in [2.75, 3.05) is 32.8 Å². The highest BCUT2D eigenvalue weighted by Crippen LogP contribution is 2.28. The number of carboxylic acid groups (broad SMARTS) is 1. The van der Waals surface area contributed by atoms with E-state index >= 15 is 0 Å². The van der Waals surface area contributed by atoms with Crippen LogP contribution < -0.4 is 25.4 Å². The zero-order valence-corrected chi connectivity index (χ0v) is 34.8. The number of carbonyl (C=O) groups is 6. The fourth-order valence-corrected chi connectivity index (χ4v) is 7.69. The van der Waals surface area contributed by atoms with Gasteiger partial charge in [-0.2, -0.15) is 0 Å². The molecule has 61 heavy (non-hydrogen) atoms. The molecule has 0 spiro atoms. The summed E-state index contributed by atoms with van der Waals surface area (Å²) in [5.74, 6) is -2.23. The van der Waals surface area contributed by atoms with E-state index in [4.69, 9.17) is 9.47 Å². The Kier molecular flexibility index (Phi) is 15.3. The molecule has 14 heteroatoms. The molecule has 4 N–H and O–H groups in total. The van der Waals surface area contributed by atoms with Crippen LogP contribution in [0.3, 0.4) is 0 Å². The molecular formula is C47H55N5O9. The van der Waals surface area contributed by atoms with E-state index in [0.717, 1.165) is 35.6 Å². The summed E-state index contributed by atoms with van der Waals surface area (Å²) >= 11 is 0. The van der Waals surface area contributed by atoms with Gasteiger partial charge < -0.3 is 40.3 Å². The van der Waals surface area contributed by atoms with Crippen LogP contribution in [-0.2, 0) is 32.0 Å². The second-order valence-corrected chi connectivity index (χ2v) is 16.2. The van der Waals surface area contributed by atoms with E-state index in [0.29, 0.717) is 56.6 Å². The van der Waals surface area contributed by atoms with E-state index in [9.17, 15) is 33.9 Å². The summed E-state index contributed by atoms with van der Waals surface area (Å²) in [4.78, 5) is 81.6. The normalized spacial score (nSPS) is 15.4. The number of fused-ring (bicyclic) bond motifs is 1. The molecule has 0 saturated carbocycles. The number of aliphatic carboxylic acids is 1. The Hall–Kier alpha value is -6.44. The van der Waals surface area contributed by atoms with Crippen molar-refractivity contribution in [3.05, 3.63) is 108 Å². The maximum absolute atomic E-state index is 13.6. The molecule has 0 unspecified atom stereocenters. The highest BCUT2D eigenvalue weighted by molar-refractivity contribution is 6.02. The van der Waals surface area contributed by atoms with Gasteiger partial charge >= 0.3 is 12.1 Å². The van der Waals surface area contributed by atoms with E-state index in [1.54, 1.807) is 46.2 Å². The summed E-state index contributed by atoms with van der Waals surface area (Å²) < 4.78 is 11.6. The van der Waals surface area contributed by atoms with Gasteiger partial charge in [0.15, 0.2) is 6.61 Å². The first-order valence-electron chi connectivity index (χ1n) is 21.1. The standard InChI is InChI=1S/C47H55N5O9/c1-31(2)25-39(49-43(54)30-60-41-29-35-14-8-7-13-34(35)28-38(41)45(56)51-21-9-4-10-22-51)44(55)50-40(46(57)58)26-33-15-17-37(18-16-33)61-47(59)52-23-19-36(20-24-52)48-42(53)27-32-11-5-3-6-12-32/h3,5-8,11-18,28-29,31,36,39-40H,4,9-10,19-27,30H2,1-2H3,(H,48,53)(H,49,54)(H,50,55)(H,57,58)/t39-,40-/m0/s1. The number of rotatable bonds is 16. The largest absolute Gasteiger partial charge is 0.483 e. The van der Waals surface area contributed by atoms with E-state index in [1.807, 2.05) is 68.4 Å². The third kappa shape index (κ3) is 12.8. The zero-order chi connectivity index (χ0) is 43.3. The average molecular weight is 834 g/mol. The molecule has 5 amide bonds. The topological polar surface area (TPSA) is 184 Å². The van der Waals surface area contributed by atoms with Gasteiger partial charge in [-0.05, 0) is 90.6 Å². The lowest BCUT2D eigenvalue weighted by Crippen LogP contribution is -2.53. The lowest BCUT2D eigenvalue weighted by Gasteiger charge is -2.31. The molecule has 2 aliphatic rings. The number of ether oxygens (including phenoxy) is 2. The average Bonchev–Trinajstić information content (AvgIpc) is 3.25. The number of nitrogens with zero attached hydrogens (tertiary/aromatic N) is 2. The third-order valence-electron chi connectivity index (χ3n) is 10.9. The van der Waals surface area contributed by atoms with Crippen LogP contribution in [-0.4, -0.2) is 102 Å². The summed E-state index contributed by atoms with van der Waals surface area (Å²) in [7, 11) is 0. The lowest BCUT2D eigenvalue weighted by molar-refractivity contribution is -0.142. The number of hydrogen-bond donors (Lipinski definition) is 4. The van der Waals surface area contributed by atoms with Crippen LogP contribution in [0.25, 0.3) is 10.8 Å². The molecule has 2 fully saturated rings. The minimum Gasteiger partial charge on any atom is -0.483 e. The number of nitrogens with one attached hydrogen (secondary N) is 3. The van der Waals surface area contributed by atoms with Crippen LogP contribution in [0.2, 0.25) is 0 Å². The zero-order valence-electron chi connectivity index (χ0n) is 34.8. The van der Waals surface area contributed by atoms with E-state index in [-0.39, 0.29) is 48.1 Å². The molecule has 2 atom stereocenters. The molecule has 6 rings (SSSR count). The second-order valence-electron chi connectivity index (χ2n) is 16.2. The number of likely N-dealkylation sites (tertiary alicyclic amines) is 2. The number of carbonyl (C=O) groups excluding carboxylic acids is 5. The summed E-state index contributed by atoms with van der Waals surface area (Å²) in [6, 6.07) is 24.6. The smallest absolute Gasteiger partial charge is 0.415 e. The van der Waals surface area contributed by atoms with Gasteiger partial charge in [-0.25, -0.2) is 9.59 Å². The van der Waals surface area contributed by atoms with Crippen molar-refractivity contribution in [1.82, 2.24) is 25.8 Å². The van der Waals surface area contributed by atoms with E-state index in [2.05, 4.69) is 16.0 Å². The Balaban J connectivity index is 0.997. The van der Waals surface area contributed by atoms with Crippen LogP contribution in [0.1, 0.15) is 73.9 Å². The van der Waals surface area contributed by atoms with Crippen molar-refractivity contribution in [1.29, 1.82) is 0 Å². The third-order valence-corrected chi connectivity index (χ3v) is 10.9. The Morgan fingerprint density at radius 3 is 2.03 bits per heavy atom. The van der Waals surface area contributed by atoms with Gasteiger partial charge in [0.1, 0.15) is 23.6 Å². The SMILES string of the molecule is CC(C)C[C@H](NC(=O)COc1cc2ccccc2cc1C(=O)N1CCCCC1)C(=O)N[C@@H](Cc1ccc(OC(=O)N2CCC(NC(=O)Cc3ccccc3)CC2)cc1)C(=O)O. The van der Waals surface area contributed by atoms with Gasteiger partial charge in [-0.1, -0.05) is 80.6 Å². The molecule has 0 aliphatic carbocycles. The number of amides is 5. The fourth-order valence-electron chi connectivity index (χ4n) is 7.69. The number of hydrogen-bond acceptors (Lipinski definition) is 8. The van der Waals surface area contributed by atoms with Crippen molar-refractivity contribution >= 4 is 46.5 Å². The maximum Gasteiger partial charge on any atom is 0.415 e. The summed E-state index contributed by atoms with van der Waals surface area (Å²) in [6.07, 6.45) is 4.04. The highest BCUT2D eigenvalue weighted by Gasteiger charge is 2.29. The molecule has 2 heterocycles. The molecule has 322 valence electrons. The lowest BCUT2D eigenvalue weighted by atomic mass is 10.0. The Labute approximate surface area is 355 Å². The van der Waals surface area contributed by atoms with Crippen LogP contribution >= 0.6 is 0 Å². The molecule has 14 nitrogen and oxygen atoms in total. The summed E-state index contributed by atoms with van der Waals surface area (Å²) in [5, 5.41) is 20.1. The van der Waals surface area contributed by atoms with Gasteiger partial charge in [-0.15, -0.1) is 0 Å².